The maximum absolute atomic E-state index is 11.4. The summed E-state index contributed by atoms with van der Waals surface area (Å²) in [4.78, 5) is 22.4. The molecule has 0 radical (unpaired) electrons. The van der Waals surface area contributed by atoms with Crippen molar-refractivity contribution in [3.63, 3.8) is 0 Å². The number of hydrogen-bond acceptors (Lipinski definition) is 4. The monoisotopic (exact) mass is 257 g/mol. The normalized spacial score (nSPS) is 21.4. The van der Waals surface area contributed by atoms with Crippen molar-refractivity contribution in [2.24, 2.45) is 11.8 Å². The standard InChI is InChI=1S/C13H23NO4/c1-13(2,3)18-12(16)14-7-11(8-15)6-10-4-5-17-9-10/h8,10-11H,4-7,9H2,1-3H3,(H,14,16)/t10-,11-/m1/s1. The fourth-order valence-corrected chi connectivity index (χ4v) is 1.91. The van der Waals surface area contributed by atoms with Gasteiger partial charge in [-0.3, -0.25) is 0 Å². The highest BCUT2D eigenvalue weighted by Gasteiger charge is 2.22. The quantitative estimate of drug-likeness (QED) is 0.762. The molecule has 0 aromatic heterocycles. The summed E-state index contributed by atoms with van der Waals surface area (Å²) in [5.41, 5.74) is -0.514. The smallest absolute Gasteiger partial charge is 0.407 e. The topological polar surface area (TPSA) is 64.6 Å². The van der Waals surface area contributed by atoms with E-state index in [-0.39, 0.29) is 5.92 Å². The molecule has 18 heavy (non-hydrogen) atoms. The molecule has 0 spiro atoms. The van der Waals surface area contributed by atoms with Crippen molar-refractivity contribution >= 4 is 12.4 Å². The molecule has 1 heterocycles. The zero-order chi connectivity index (χ0) is 13.6. The first-order valence-electron chi connectivity index (χ1n) is 6.40. The van der Waals surface area contributed by atoms with Crippen LogP contribution in [0.5, 0.6) is 0 Å². The number of alkyl carbamates (subject to hydrolysis) is 1. The molecule has 1 aliphatic heterocycles. The number of amides is 1. The van der Waals surface area contributed by atoms with Crippen molar-refractivity contribution < 1.29 is 19.1 Å². The Labute approximate surface area is 108 Å². The fraction of sp³-hybridized carbons (Fsp3) is 0.846. The number of rotatable bonds is 5. The highest BCUT2D eigenvalue weighted by atomic mass is 16.6. The lowest BCUT2D eigenvalue weighted by molar-refractivity contribution is -0.111. The molecule has 0 unspecified atom stereocenters. The predicted molar refractivity (Wildman–Crippen MR) is 67.3 cm³/mol. The van der Waals surface area contributed by atoms with Gasteiger partial charge in [0.05, 0.1) is 0 Å². The Hall–Kier alpha value is -1.10. The zero-order valence-electron chi connectivity index (χ0n) is 11.4. The van der Waals surface area contributed by atoms with Gasteiger partial charge in [0.2, 0.25) is 0 Å². The second-order valence-electron chi connectivity index (χ2n) is 5.74. The Balaban J connectivity index is 2.26. The first-order chi connectivity index (χ1) is 8.40. The number of aldehydes is 1. The molecule has 2 atom stereocenters. The van der Waals surface area contributed by atoms with E-state index in [1.807, 2.05) is 0 Å². The van der Waals surface area contributed by atoms with Gasteiger partial charge in [-0.1, -0.05) is 0 Å². The molecule has 0 saturated carbocycles. The van der Waals surface area contributed by atoms with Crippen molar-refractivity contribution in [3.05, 3.63) is 0 Å². The molecule has 0 aromatic rings. The van der Waals surface area contributed by atoms with Crippen LogP contribution >= 0.6 is 0 Å². The van der Waals surface area contributed by atoms with Crippen LogP contribution < -0.4 is 5.32 Å². The van der Waals surface area contributed by atoms with Gasteiger partial charge in [-0.05, 0) is 39.5 Å². The molecular formula is C13H23NO4. The van der Waals surface area contributed by atoms with Gasteiger partial charge >= 0.3 is 6.09 Å². The number of nitrogens with one attached hydrogen (secondary N) is 1. The third kappa shape index (κ3) is 6.00. The predicted octanol–water partition coefficient (Wildman–Crippen LogP) is 1.75. The minimum Gasteiger partial charge on any atom is -0.444 e. The Morgan fingerprint density at radius 1 is 1.56 bits per heavy atom. The van der Waals surface area contributed by atoms with E-state index in [2.05, 4.69) is 5.32 Å². The SMILES string of the molecule is CC(C)(C)OC(=O)NC[C@H](C=O)C[C@H]1CCOC1. The van der Waals surface area contributed by atoms with Gasteiger partial charge < -0.3 is 19.6 Å². The van der Waals surface area contributed by atoms with E-state index in [1.165, 1.54) is 0 Å². The van der Waals surface area contributed by atoms with Crippen LogP contribution in [0.1, 0.15) is 33.6 Å². The van der Waals surface area contributed by atoms with Crippen LogP contribution in [0.4, 0.5) is 4.79 Å². The highest BCUT2D eigenvalue weighted by Crippen LogP contribution is 2.20. The van der Waals surface area contributed by atoms with Crippen molar-refractivity contribution in [1.29, 1.82) is 0 Å². The maximum Gasteiger partial charge on any atom is 0.407 e. The first-order valence-corrected chi connectivity index (χ1v) is 6.40. The highest BCUT2D eigenvalue weighted by molar-refractivity contribution is 5.68. The first kappa shape index (κ1) is 15.0. The van der Waals surface area contributed by atoms with Gasteiger partial charge in [0, 0.05) is 25.7 Å². The lowest BCUT2D eigenvalue weighted by atomic mass is 9.95. The van der Waals surface area contributed by atoms with E-state index in [0.717, 1.165) is 32.3 Å². The molecule has 1 amide bonds. The van der Waals surface area contributed by atoms with Crippen LogP contribution in [-0.2, 0) is 14.3 Å². The van der Waals surface area contributed by atoms with E-state index < -0.39 is 11.7 Å². The Bertz CT molecular complexity index is 279. The molecule has 0 aliphatic carbocycles. The maximum atomic E-state index is 11.4. The average Bonchev–Trinajstić information content (AvgIpc) is 2.74. The Morgan fingerprint density at radius 2 is 2.28 bits per heavy atom. The van der Waals surface area contributed by atoms with Crippen molar-refractivity contribution in [2.75, 3.05) is 19.8 Å². The number of ether oxygens (including phenoxy) is 2. The van der Waals surface area contributed by atoms with Crippen LogP contribution in [0.3, 0.4) is 0 Å². The molecule has 1 rings (SSSR count). The van der Waals surface area contributed by atoms with Gasteiger partial charge in [0.15, 0.2) is 0 Å². The molecule has 0 bridgehead atoms. The molecule has 1 saturated heterocycles. The zero-order valence-corrected chi connectivity index (χ0v) is 11.4. The summed E-state index contributed by atoms with van der Waals surface area (Å²) in [6.07, 6.45) is 2.18. The summed E-state index contributed by atoms with van der Waals surface area (Å²) in [7, 11) is 0. The number of carbonyl (C=O) groups excluding carboxylic acids is 2. The molecule has 0 aromatic carbocycles. The lowest BCUT2D eigenvalue weighted by Crippen LogP contribution is -2.36. The summed E-state index contributed by atoms with van der Waals surface area (Å²) in [5, 5.41) is 2.63. The van der Waals surface area contributed by atoms with E-state index in [0.29, 0.717) is 12.5 Å². The summed E-state index contributed by atoms with van der Waals surface area (Å²) >= 11 is 0. The molecule has 5 nitrogen and oxygen atoms in total. The van der Waals surface area contributed by atoms with Crippen LogP contribution in [-0.4, -0.2) is 37.7 Å². The van der Waals surface area contributed by atoms with Crippen molar-refractivity contribution in [1.82, 2.24) is 5.32 Å². The average molecular weight is 257 g/mol. The molecule has 1 aliphatic rings. The molecule has 1 fully saturated rings. The molecular weight excluding hydrogens is 234 g/mol. The lowest BCUT2D eigenvalue weighted by Gasteiger charge is -2.21. The second-order valence-corrected chi connectivity index (χ2v) is 5.74. The molecule has 1 N–H and O–H groups in total. The fourth-order valence-electron chi connectivity index (χ4n) is 1.91. The van der Waals surface area contributed by atoms with Crippen molar-refractivity contribution in [3.8, 4) is 0 Å². The van der Waals surface area contributed by atoms with E-state index >= 15 is 0 Å². The van der Waals surface area contributed by atoms with Gasteiger partial charge in [-0.25, -0.2) is 4.79 Å². The van der Waals surface area contributed by atoms with Gasteiger partial charge in [-0.2, -0.15) is 0 Å². The van der Waals surface area contributed by atoms with Gasteiger partial charge in [0.1, 0.15) is 11.9 Å². The van der Waals surface area contributed by atoms with E-state index in [9.17, 15) is 9.59 Å². The van der Waals surface area contributed by atoms with Gasteiger partial charge in [0.25, 0.3) is 0 Å². The molecule has 104 valence electrons. The van der Waals surface area contributed by atoms with Crippen LogP contribution in [0.2, 0.25) is 0 Å². The number of hydrogen-bond donors (Lipinski definition) is 1. The molecule has 5 heteroatoms. The third-order valence-corrected chi connectivity index (χ3v) is 2.76. The Kier molecular flexibility index (Phi) is 5.59. The van der Waals surface area contributed by atoms with Crippen LogP contribution in [0.15, 0.2) is 0 Å². The summed E-state index contributed by atoms with van der Waals surface area (Å²) < 4.78 is 10.4. The van der Waals surface area contributed by atoms with E-state index in [1.54, 1.807) is 20.8 Å². The largest absolute Gasteiger partial charge is 0.444 e. The van der Waals surface area contributed by atoms with Crippen LogP contribution in [0, 0.1) is 11.8 Å². The Morgan fingerprint density at radius 3 is 2.78 bits per heavy atom. The van der Waals surface area contributed by atoms with E-state index in [4.69, 9.17) is 9.47 Å². The summed E-state index contributed by atoms with van der Waals surface area (Å²) in [6, 6.07) is 0. The third-order valence-electron chi connectivity index (χ3n) is 2.76. The minimum atomic E-state index is -0.514. The van der Waals surface area contributed by atoms with Crippen LogP contribution in [0.25, 0.3) is 0 Å². The second kappa shape index (κ2) is 6.73. The summed E-state index contributed by atoms with van der Waals surface area (Å²) in [6.45, 7) is 7.24. The van der Waals surface area contributed by atoms with Crippen molar-refractivity contribution in [2.45, 2.75) is 39.2 Å². The summed E-state index contributed by atoms with van der Waals surface area (Å²) in [5.74, 6) is 0.268. The number of carbonyl (C=O) groups is 2. The minimum absolute atomic E-state index is 0.163. The van der Waals surface area contributed by atoms with Gasteiger partial charge in [-0.15, -0.1) is 0 Å².